The first-order valence-electron chi connectivity index (χ1n) is 11.7. The lowest BCUT2D eigenvalue weighted by molar-refractivity contribution is 0.0916. The molecule has 0 radical (unpaired) electrons. The Morgan fingerprint density at radius 3 is 2.36 bits per heavy atom. The number of carbonyl (C=O) groups is 2. The molecule has 1 aromatic heterocycles. The summed E-state index contributed by atoms with van der Waals surface area (Å²) in [5.74, 6) is 1.53. The van der Waals surface area contributed by atoms with Crippen molar-refractivity contribution < 1.29 is 14.3 Å². The Bertz CT molecular complexity index is 1020. The largest absolute Gasteiger partial charge is 0.496 e. The zero-order valence-electron chi connectivity index (χ0n) is 19.1. The first-order chi connectivity index (χ1) is 16.0. The molecule has 2 atom stereocenters. The Labute approximate surface area is 194 Å². The number of nitrogens with one attached hydrogen (secondary N) is 3. The molecule has 2 aromatic rings. The molecular formula is C25H31N5O3. The maximum Gasteiger partial charge on any atom is 0.253 e. The van der Waals surface area contributed by atoms with Crippen molar-refractivity contribution in [1.29, 1.82) is 0 Å². The van der Waals surface area contributed by atoms with Crippen molar-refractivity contribution in [3.05, 3.63) is 53.2 Å². The summed E-state index contributed by atoms with van der Waals surface area (Å²) in [5, 5.41) is 9.41. The van der Waals surface area contributed by atoms with Gasteiger partial charge in [-0.15, -0.1) is 0 Å². The Balaban J connectivity index is 1.22. The second-order valence-electron chi connectivity index (χ2n) is 9.30. The third-order valence-corrected chi connectivity index (χ3v) is 7.21. The van der Waals surface area contributed by atoms with E-state index in [-0.39, 0.29) is 23.9 Å². The molecule has 0 spiro atoms. The highest BCUT2D eigenvalue weighted by Crippen LogP contribution is 2.38. The van der Waals surface area contributed by atoms with Crippen LogP contribution in [0, 0.1) is 6.92 Å². The molecule has 174 valence electrons. The van der Waals surface area contributed by atoms with Crippen molar-refractivity contribution in [1.82, 2.24) is 20.9 Å². The molecule has 3 N–H and O–H groups in total. The second-order valence-corrected chi connectivity index (χ2v) is 9.30. The fourth-order valence-electron chi connectivity index (χ4n) is 5.35. The smallest absolute Gasteiger partial charge is 0.253 e. The average Bonchev–Trinajstić information content (AvgIpc) is 3.06. The van der Waals surface area contributed by atoms with Gasteiger partial charge in [-0.1, -0.05) is 6.07 Å². The lowest BCUT2D eigenvalue weighted by Gasteiger charge is -2.40. The summed E-state index contributed by atoms with van der Waals surface area (Å²) in [4.78, 5) is 32.3. The van der Waals surface area contributed by atoms with Gasteiger partial charge in [-0.25, -0.2) is 4.98 Å². The summed E-state index contributed by atoms with van der Waals surface area (Å²) >= 11 is 0. The van der Waals surface area contributed by atoms with Crippen LogP contribution >= 0.6 is 0 Å². The fourth-order valence-corrected chi connectivity index (χ4v) is 5.35. The van der Waals surface area contributed by atoms with Gasteiger partial charge < -0.3 is 25.6 Å². The van der Waals surface area contributed by atoms with Gasteiger partial charge in [0, 0.05) is 48.5 Å². The quantitative estimate of drug-likeness (QED) is 0.625. The number of amides is 2. The number of hydrogen-bond acceptors (Lipinski definition) is 6. The van der Waals surface area contributed by atoms with E-state index in [4.69, 9.17) is 4.74 Å². The minimum absolute atomic E-state index is 0.0422. The van der Waals surface area contributed by atoms with Crippen LogP contribution in [0.2, 0.25) is 0 Å². The summed E-state index contributed by atoms with van der Waals surface area (Å²) in [6, 6.07) is 10.4. The number of rotatable bonds is 6. The number of anilines is 1. The van der Waals surface area contributed by atoms with Crippen LogP contribution in [0.3, 0.4) is 0 Å². The standard InChI is InChI=1S/C25H31N5O3/c1-15-21(4-3-5-22(15)33-2)25(32)28-17-10-19-7-8-20(11-17)30(19)23-9-6-16(12-27-23)24(31)29-18-13-26-14-18/h3-6,9,12,17-20,26H,7-8,10-11,13-14H2,1-2H3,(H,28,32)(H,29,31). The van der Waals surface area contributed by atoms with Gasteiger partial charge in [-0.2, -0.15) is 0 Å². The molecule has 3 aliphatic heterocycles. The van der Waals surface area contributed by atoms with E-state index in [1.807, 2.05) is 37.3 Å². The molecule has 2 bridgehead atoms. The van der Waals surface area contributed by atoms with Crippen LogP contribution in [-0.2, 0) is 0 Å². The van der Waals surface area contributed by atoms with Crippen LogP contribution in [0.15, 0.2) is 36.5 Å². The van der Waals surface area contributed by atoms with Gasteiger partial charge in [0.2, 0.25) is 0 Å². The molecule has 8 heteroatoms. The van der Waals surface area contributed by atoms with Crippen molar-refractivity contribution in [2.24, 2.45) is 0 Å². The topological polar surface area (TPSA) is 95.6 Å². The van der Waals surface area contributed by atoms with E-state index < -0.39 is 0 Å². The van der Waals surface area contributed by atoms with Gasteiger partial charge in [0.05, 0.1) is 18.7 Å². The normalized spacial score (nSPS) is 24.2. The Kier molecular flexibility index (Phi) is 5.93. The Morgan fingerprint density at radius 1 is 1.03 bits per heavy atom. The second kappa shape index (κ2) is 9.02. The first-order valence-corrected chi connectivity index (χ1v) is 11.7. The minimum Gasteiger partial charge on any atom is -0.496 e. The highest BCUT2D eigenvalue weighted by Gasteiger charge is 2.42. The number of ether oxygens (including phenoxy) is 1. The zero-order valence-corrected chi connectivity index (χ0v) is 19.1. The van der Waals surface area contributed by atoms with E-state index in [2.05, 4.69) is 25.8 Å². The van der Waals surface area contributed by atoms with Crippen LogP contribution in [0.1, 0.15) is 52.0 Å². The van der Waals surface area contributed by atoms with E-state index in [0.717, 1.165) is 55.9 Å². The molecule has 0 aliphatic carbocycles. The minimum atomic E-state index is -0.0715. The summed E-state index contributed by atoms with van der Waals surface area (Å²) in [7, 11) is 1.62. The summed E-state index contributed by atoms with van der Waals surface area (Å²) in [6.07, 6.45) is 5.64. The van der Waals surface area contributed by atoms with Crippen LogP contribution < -0.4 is 25.6 Å². The number of benzene rings is 1. The monoisotopic (exact) mass is 449 g/mol. The summed E-state index contributed by atoms with van der Waals surface area (Å²) in [5.41, 5.74) is 2.12. The Morgan fingerprint density at radius 2 is 1.76 bits per heavy atom. The van der Waals surface area contributed by atoms with Gasteiger partial charge in [-0.3, -0.25) is 9.59 Å². The molecule has 0 saturated carbocycles. The molecule has 1 aromatic carbocycles. The number of fused-ring (bicyclic) bond motifs is 2. The van der Waals surface area contributed by atoms with Gasteiger partial charge in [0.1, 0.15) is 11.6 Å². The predicted molar refractivity (Wildman–Crippen MR) is 126 cm³/mol. The van der Waals surface area contributed by atoms with Crippen LogP contribution in [-0.4, -0.2) is 61.2 Å². The lowest BCUT2D eigenvalue weighted by atomic mass is 9.96. The lowest BCUT2D eigenvalue weighted by Crippen LogP contribution is -2.56. The number of methoxy groups -OCH3 is 1. The van der Waals surface area contributed by atoms with E-state index in [0.29, 0.717) is 23.2 Å². The molecule has 2 unspecified atom stereocenters. The van der Waals surface area contributed by atoms with Crippen molar-refractivity contribution in [2.45, 2.75) is 56.8 Å². The van der Waals surface area contributed by atoms with Crippen molar-refractivity contribution in [2.75, 3.05) is 25.1 Å². The van der Waals surface area contributed by atoms with Crippen LogP contribution in [0.25, 0.3) is 0 Å². The molecule has 2 amide bonds. The predicted octanol–water partition coefficient (Wildman–Crippen LogP) is 2.03. The number of aromatic nitrogens is 1. The number of piperidine rings is 1. The maximum atomic E-state index is 13.0. The molecule has 4 heterocycles. The molecule has 3 aliphatic rings. The van der Waals surface area contributed by atoms with Crippen molar-refractivity contribution >= 4 is 17.6 Å². The average molecular weight is 450 g/mol. The molecule has 3 saturated heterocycles. The first kappa shape index (κ1) is 21.7. The zero-order chi connectivity index (χ0) is 22.9. The molecular weight excluding hydrogens is 418 g/mol. The number of hydrogen-bond donors (Lipinski definition) is 3. The molecule has 3 fully saturated rings. The number of pyridine rings is 1. The molecule has 33 heavy (non-hydrogen) atoms. The van der Waals surface area contributed by atoms with E-state index >= 15 is 0 Å². The summed E-state index contributed by atoms with van der Waals surface area (Å²) in [6.45, 7) is 3.56. The van der Waals surface area contributed by atoms with E-state index in [1.54, 1.807) is 13.3 Å². The van der Waals surface area contributed by atoms with Crippen molar-refractivity contribution in [3.63, 3.8) is 0 Å². The van der Waals surface area contributed by atoms with Crippen LogP contribution in [0.4, 0.5) is 5.82 Å². The third kappa shape index (κ3) is 4.27. The van der Waals surface area contributed by atoms with Crippen LogP contribution in [0.5, 0.6) is 5.75 Å². The highest BCUT2D eigenvalue weighted by molar-refractivity contribution is 5.96. The van der Waals surface area contributed by atoms with Gasteiger partial charge in [0.15, 0.2) is 0 Å². The van der Waals surface area contributed by atoms with E-state index in [1.165, 1.54) is 0 Å². The van der Waals surface area contributed by atoms with Gasteiger partial charge >= 0.3 is 0 Å². The van der Waals surface area contributed by atoms with Gasteiger partial charge in [-0.05, 0) is 56.9 Å². The summed E-state index contributed by atoms with van der Waals surface area (Å²) < 4.78 is 5.36. The third-order valence-electron chi connectivity index (χ3n) is 7.21. The van der Waals surface area contributed by atoms with E-state index in [9.17, 15) is 9.59 Å². The number of nitrogens with zero attached hydrogens (tertiary/aromatic N) is 2. The highest BCUT2D eigenvalue weighted by atomic mass is 16.5. The number of carbonyl (C=O) groups excluding carboxylic acids is 2. The SMILES string of the molecule is COc1cccc(C(=O)NC2CC3CCC(C2)N3c2ccc(C(=O)NC3CNC3)cn2)c1C. The molecule has 5 rings (SSSR count). The van der Waals surface area contributed by atoms with Gasteiger partial charge in [0.25, 0.3) is 11.8 Å². The fraction of sp³-hybridized carbons (Fsp3) is 0.480. The maximum absolute atomic E-state index is 13.0. The van der Waals surface area contributed by atoms with Crippen molar-refractivity contribution in [3.8, 4) is 5.75 Å². The Hall–Kier alpha value is -3.13. The molecule has 8 nitrogen and oxygen atoms in total.